The Morgan fingerprint density at radius 2 is 1.03 bits per heavy atom. The molecule has 2 N–H and O–H groups in total. The quantitative estimate of drug-likeness (QED) is 0.318. The first kappa shape index (κ1) is 29.1. The first-order chi connectivity index (χ1) is 17.5. The smallest absolute Gasteiger partial charge is 0.253 e. The normalized spacial score (nSPS) is 10.7. The number of ether oxygens (including phenoxy) is 2. The van der Waals surface area contributed by atoms with Crippen LogP contribution in [0.15, 0.2) is 48.5 Å². The van der Waals surface area contributed by atoms with Gasteiger partial charge in [-0.2, -0.15) is 0 Å². The molecule has 0 saturated heterocycles. The second-order valence-electron chi connectivity index (χ2n) is 8.19. The van der Waals surface area contributed by atoms with E-state index in [1.54, 1.807) is 0 Å². The summed E-state index contributed by atoms with van der Waals surface area (Å²) in [5.74, 6) is 0.0970. The highest BCUT2D eigenvalue weighted by atomic mass is 16.5. The van der Waals surface area contributed by atoms with Gasteiger partial charge in [0.15, 0.2) is 0 Å². The molecule has 0 fully saturated rings. The van der Waals surface area contributed by atoms with E-state index in [4.69, 9.17) is 9.47 Å². The number of hydrogen-bond donors (Lipinski definition) is 2. The van der Waals surface area contributed by atoms with Crippen LogP contribution in [0, 0.1) is 0 Å². The topological polar surface area (TPSA) is 83.1 Å². The third kappa shape index (κ3) is 9.51. The fraction of sp³-hybridized carbons (Fsp3) is 0.500. The van der Waals surface area contributed by atoms with Gasteiger partial charge in [-0.1, -0.05) is 12.1 Å². The molecule has 8 nitrogen and oxygen atoms in total. The van der Waals surface area contributed by atoms with E-state index in [-0.39, 0.29) is 11.8 Å². The Balaban J connectivity index is 1.58. The zero-order valence-corrected chi connectivity index (χ0v) is 22.2. The molecule has 0 unspecified atom stereocenters. The zero-order valence-electron chi connectivity index (χ0n) is 22.2. The lowest BCUT2D eigenvalue weighted by Gasteiger charge is -2.19. The van der Waals surface area contributed by atoms with E-state index < -0.39 is 0 Å². The molecule has 0 saturated carbocycles. The largest absolute Gasteiger partial charge is 0.383 e. The Morgan fingerprint density at radius 1 is 0.639 bits per heavy atom. The van der Waals surface area contributed by atoms with Gasteiger partial charge >= 0.3 is 0 Å². The summed E-state index contributed by atoms with van der Waals surface area (Å²) in [6.07, 6.45) is 0. The molecule has 0 radical (unpaired) electrons. The Morgan fingerprint density at radius 3 is 1.39 bits per heavy atom. The van der Waals surface area contributed by atoms with E-state index >= 15 is 0 Å². The number of nitrogens with one attached hydrogen (secondary N) is 2. The molecule has 198 valence electrons. The van der Waals surface area contributed by atoms with Crippen molar-refractivity contribution in [2.24, 2.45) is 0 Å². The van der Waals surface area contributed by atoms with Crippen LogP contribution in [0.5, 0.6) is 0 Å². The van der Waals surface area contributed by atoms with Gasteiger partial charge in [0.1, 0.15) is 0 Å². The second-order valence-corrected chi connectivity index (χ2v) is 8.19. The van der Waals surface area contributed by atoms with Gasteiger partial charge < -0.3 is 29.9 Å². The van der Waals surface area contributed by atoms with Crippen molar-refractivity contribution in [1.29, 1.82) is 0 Å². The van der Waals surface area contributed by atoms with Crippen LogP contribution in [-0.4, -0.2) is 87.3 Å². The first-order valence-electron chi connectivity index (χ1n) is 13.0. The molecular formula is C28H42N4O4. The van der Waals surface area contributed by atoms with Crippen LogP contribution in [0.4, 0.5) is 11.4 Å². The maximum atomic E-state index is 12.5. The summed E-state index contributed by atoms with van der Waals surface area (Å²) in [7, 11) is 0. The van der Waals surface area contributed by atoms with Crippen LogP contribution in [0.25, 0.3) is 0 Å². The summed E-state index contributed by atoms with van der Waals surface area (Å²) in [5, 5.41) is 6.59. The number of benzene rings is 2. The molecule has 0 aliphatic rings. The molecule has 0 aliphatic heterocycles. The van der Waals surface area contributed by atoms with Crippen LogP contribution < -0.4 is 10.6 Å². The Hall–Kier alpha value is -3.10. The van der Waals surface area contributed by atoms with Crippen molar-refractivity contribution in [3.8, 4) is 0 Å². The molecule has 0 bridgehead atoms. The third-order valence-corrected chi connectivity index (χ3v) is 5.84. The van der Waals surface area contributed by atoms with E-state index in [9.17, 15) is 9.59 Å². The zero-order chi connectivity index (χ0) is 26.2. The van der Waals surface area contributed by atoms with Gasteiger partial charge in [-0.05, 0) is 64.1 Å². The van der Waals surface area contributed by atoms with Gasteiger partial charge in [0.2, 0.25) is 0 Å². The van der Waals surface area contributed by atoms with E-state index in [0.29, 0.717) is 76.8 Å². The van der Waals surface area contributed by atoms with Crippen LogP contribution in [0.2, 0.25) is 0 Å². The molecule has 0 heterocycles. The molecule has 0 atom stereocenters. The predicted octanol–water partition coefficient (Wildman–Crippen LogP) is 4.21. The molecule has 2 rings (SSSR count). The standard InChI is InChI=1S/C28H42N4O4/c1-5-31(6-2)27(33)23-11-9-13-25(21-23)29-15-17-35-19-20-36-18-16-30-26-14-10-12-24(22-26)28(34)32(7-3)8-4/h9-14,21-22,29-30H,5-8,15-20H2,1-4H3. The van der Waals surface area contributed by atoms with E-state index in [1.807, 2.05) is 86.0 Å². The average molecular weight is 499 g/mol. The Bertz CT molecular complexity index is 854. The van der Waals surface area contributed by atoms with Crippen molar-refractivity contribution in [3.05, 3.63) is 59.7 Å². The van der Waals surface area contributed by atoms with E-state index in [2.05, 4.69) is 10.6 Å². The molecule has 2 aromatic carbocycles. The summed E-state index contributed by atoms with van der Waals surface area (Å²) >= 11 is 0. The monoisotopic (exact) mass is 498 g/mol. The Kier molecular flexibility index (Phi) is 13.4. The van der Waals surface area contributed by atoms with Gasteiger partial charge in [-0.15, -0.1) is 0 Å². The maximum absolute atomic E-state index is 12.5. The summed E-state index contributed by atoms with van der Waals surface area (Å²) in [5.41, 5.74) is 3.19. The molecule has 36 heavy (non-hydrogen) atoms. The highest BCUT2D eigenvalue weighted by Crippen LogP contribution is 2.14. The third-order valence-electron chi connectivity index (χ3n) is 5.84. The minimum Gasteiger partial charge on any atom is -0.383 e. The summed E-state index contributed by atoms with van der Waals surface area (Å²) in [4.78, 5) is 28.6. The van der Waals surface area contributed by atoms with Gasteiger partial charge in [0, 0.05) is 61.8 Å². The molecule has 2 aromatic rings. The van der Waals surface area contributed by atoms with Crippen LogP contribution in [-0.2, 0) is 9.47 Å². The lowest BCUT2D eigenvalue weighted by molar-refractivity contribution is 0.0557. The molecule has 0 aliphatic carbocycles. The van der Waals surface area contributed by atoms with Crippen LogP contribution in [0.3, 0.4) is 0 Å². The number of carbonyl (C=O) groups excluding carboxylic acids is 2. The highest BCUT2D eigenvalue weighted by Gasteiger charge is 2.13. The van der Waals surface area contributed by atoms with Gasteiger partial charge in [-0.3, -0.25) is 9.59 Å². The lowest BCUT2D eigenvalue weighted by atomic mass is 10.1. The number of carbonyl (C=O) groups is 2. The van der Waals surface area contributed by atoms with Crippen molar-refractivity contribution in [2.75, 3.05) is 76.3 Å². The molecule has 0 spiro atoms. The molecule has 8 heteroatoms. The molecule has 0 aromatic heterocycles. The van der Waals surface area contributed by atoms with Gasteiger partial charge in [-0.25, -0.2) is 0 Å². The second kappa shape index (κ2) is 16.5. The number of amides is 2. The molecule has 2 amide bonds. The minimum atomic E-state index is 0.0485. The highest BCUT2D eigenvalue weighted by molar-refractivity contribution is 5.95. The predicted molar refractivity (Wildman–Crippen MR) is 146 cm³/mol. The number of nitrogens with zero attached hydrogens (tertiary/aromatic N) is 2. The first-order valence-corrected chi connectivity index (χ1v) is 13.0. The van der Waals surface area contributed by atoms with Gasteiger partial charge in [0.05, 0.1) is 26.4 Å². The summed E-state index contributed by atoms with van der Waals surface area (Å²) in [6, 6.07) is 15.1. The maximum Gasteiger partial charge on any atom is 0.253 e. The fourth-order valence-corrected chi connectivity index (χ4v) is 3.77. The van der Waals surface area contributed by atoms with E-state index in [0.717, 1.165) is 11.4 Å². The Labute approximate surface area is 215 Å². The van der Waals surface area contributed by atoms with Crippen LogP contribution in [0.1, 0.15) is 48.4 Å². The SMILES string of the molecule is CCN(CC)C(=O)c1cccc(NCCOCCOCCNc2cccc(C(=O)N(CC)CC)c2)c1. The number of rotatable bonds is 17. The molecular weight excluding hydrogens is 456 g/mol. The van der Waals surface area contributed by atoms with E-state index in [1.165, 1.54) is 0 Å². The van der Waals surface area contributed by atoms with Crippen molar-refractivity contribution >= 4 is 23.2 Å². The summed E-state index contributed by atoms with van der Waals surface area (Å²) in [6.45, 7) is 14.1. The van der Waals surface area contributed by atoms with Crippen molar-refractivity contribution in [2.45, 2.75) is 27.7 Å². The number of hydrogen-bond acceptors (Lipinski definition) is 6. The van der Waals surface area contributed by atoms with Crippen molar-refractivity contribution in [1.82, 2.24) is 9.80 Å². The van der Waals surface area contributed by atoms with Gasteiger partial charge in [0.25, 0.3) is 11.8 Å². The fourth-order valence-electron chi connectivity index (χ4n) is 3.77. The van der Waals surface area contributed by atoms with Crippen molar-refractivity contribution < 1.29 is 19.1 Å². The summed E-state index contributed by atoms with van der Waals surface area (Å²) < 4.78 is 11.3. The minimum absolute atomic E-state index is 0.0485. The number of anilines is 2. The van der Waals surface area contributed by atoms with Crippen LogP contribution >= 0.6 is 0 Å². The van der Waals surface area contributed by atoms with Crippen molar-refractivity contribution in [3.63, 3.8) is 0 Å². The average Bonchev–Trinajstić information content (AvgIpc) is 2.91. The lowest BCUT2D eigenvalue weighted by Crippen LogP contribution is -2.30.